The van der Waals surface area contributed by atoms with Crippen molar-refractivity contribution in [1.29, 1.82) is 0 Å². The highest BCUT2D eigenvalue weighted by atomic mass is 19.4. The molecule has 5 nitrogen and oxygen atoms in total. The molecular formula is C13H16F3N3O2. The van der Waals surface area contributed by atoms with E-state index in [1.165, 1.54) is 6.07 Å². The molecule has 0 unspecified atom stereocenters. The van der Waals surface area contributed by atoms with Gasteiger partial charge in [-0.3, -0.25) is 10.1 Å². The first-order valence-electron chi connectivity index (χ1n) is 6.55. The van der Waals surface area contributed by atoms with Gasteiger partial charge in [0.15, 0.2) is 0 Å². The summed E-state index contributed by atoms with van der Waals surface area (Å²) in [6, 6.07) is 2.89. The molecule has 21 heavy (non-hydrogen) atoms. The maximum Gasteiger partial charge on any atom is 0.416 e. The minimum Gasteiger partial charge on any atom is -0.363 e. The van der Waals surface area contributed by atoms with Crippen molar-refractivity contribution in [3.63, 3.8) is 0 Å². The minimum atomic E-state index is -4.59. The van der Waals surface area contributed by atoms with Crippen LogP contribution < -0.4 is 10.2 Å². The molecule has 1 aromatic rings. The maximum atomic E-state index is 12.7. The number of halogens is 3. The normalized spacial score (nSPS) is 23.2. The largest absolute Gasteiger partial charge is 0.416 e. The van der Waals surface area contributed by atoms with Crippen molar-refractivity contribution in [2.45, 2.75) is 32.1 Å². The molecular weight excluding hydrogens is 287 g/mol. The zero-order chi connectivity index (χ0) is 15.8. The fourth-order valence-electron chi connectivity index (χ4n) is 2.64. The van der Waals surface area contributed by atoms with Gasteiger partial charge in [-0.1, -0.05) is 0 Å². The van der Waals surface area contributed by atoms with Gasteiger partial charge in [-0.15, -0.1) is 0 Å². The van der Waals surface area contributed by atoms with E-state index in [1.54, 1.807) is 4.90 Å². The summed E-state index contributed by atoms with van der Waals surface area (Å²) in [7, 11) is 0. The smallest absolute Gasteiger partial charge is 0.363 e. The lowest BCUT2D eigenvalue weighted by Crippen LogP contribution is -2.54. The Morgan fingerprint density at radius 1 is 1.29 bits per heavy atom. The van der Waals surface area contributed by atoms with E-state index in [0.29, 0.717) is 19.2 Å². The second kappa shape index (κ2) is 5.51. The van der Waals surface area contributed by atoms with Crippen LogP contribution in [0.5, 0.6) is 0 Å². The van der Waals surface area contributed by atoms with Gasteiger partial charge >= 0.3 is 6.18 Å². The van der Waals surface area contributed by atoms with Crippen LogP contribution in [0, 0.1) is 10.1 Å². The summed E-state index contributed by atoms with van der Waals surface area (Å²) < 4.78 is 38.0. The van der Waals surface area contributed by atoms with Gasteiger partial charge < -0.3 is 10.2 Å². The molecule has 0 amide bonds. The predicted octanol–water partition coefficient (Wildman–Crippen LogP) is 2.80. The monoisotopic (exact) mass is 303 g/mol. The highest BCUT2D eigenvalue weighted by molar-refractivity contribution is 5.65. The molecule has 1 aliphatic rings. The van der Waals surface area contributed by atoms with Gasteiger partial charge in [0.2, 0.25) is 0 Å². The number of nitro groups is 1. The average molecular weight is 303 g/mol. The van der Waals surface area contributed by atoms with Gasteiger partial charge in [0, 0.05) is 31.2 Å². The number of nitrogens with zero attached hydrogens (tertiary/aromatic N) is 2. The number of alkyl halides is 3. The first-order valence-corrected chi connectivity index (χ1v) is 6.55. The molecule has 8 heteroatoms. The van der Waals surface area contributed by atoms with E-state index in [1.807, 2.05) is 13.8 Å². The van der Waals surface area contributed by atoms with Gasteiger partial charge in [0.1, 0.15) is 5.69 Å². The minimum absolute atomic E-state index is 0.107. The third-order valence-electron chi connectivity index (χ3n) is 3.40. The summed E-state index contributed by atoms with van der Waals surface area (Å²) in [6.45, 7) is 4.88. The number of hydrogen-bond donors (Lipinski definition) is 1. The summed E-state index contributed by atoms with van der Waals surface area (Å²) in [4.78, 5) is 12.1. The fraction of sp³-hybridized carbons (Fsp3) is 0.538. The summed E-state index contributed by atoms with van der Waals surface area (Å²) in [5.74, 6) is 0. The Bertz CT molecular complexity index is 538. The molecule has 1 N–H and O–H groups in total. The number of nitrogens with one attached hydrogen (secondary N) is 1. The van der Waals surface area contributed by atoms with Crippen LogP contribution in [-0.4, -0.2) is 30.1 Å². The van der Waals surface area contributed by atoms with E-state index in [4.69, 9.17) is 0 Å². The van der Waals surface area contributed by atoms with E-state index in [0.717, 1.165) is 6.07 Å². The Morgan fingerprint density at radius 2 is 1.86 bits per heavy atom. The van der Waals surface area contributed by atoms with Crippen LogP contribution in [0.4, 0.5) is 24.5 Å². The second-order valence-electron chi connectivity index (χ2n) is 5.33. The van der Waals surface area contributed by atoms with Crippen LogP contribution in [0.15, 0.2) is 18.2 Å². The third-order valence-corrected chi connectivity index (χ3v) is 3.40. The van der Waals surface area contributed by atoms with Crippen LogP contribution in [0.25, 0.3) is 0 Å². The van der Waals surface area contributed by atoms with Gasteiger partial charge in [-0.25, -0.2) is 0 Å². The van der Waals surface area contributed by atoms with Crippen LogP contribution >= 0.6 is 0 Å². The number of nitro benzene ring substituents is 1. The Balaban J connectivity index is 2.41. The lowest BCUT2D eigenvalue weighted by atomic mass is 10.1. The van der Waals surface area contributed by atoms with Crippen molar-refractivity contribution >= 4 is 11.4 Å². The van der Waals surface area contributed by atoms with Gasteiger partial charge in [0.05, 0.1) is 10.5 Å². The van der Waals surface area contributed by atoms with E-state index in [-0.39, 0.29) is 17.8 Å². The van der Waals surface area contributed by atoms with Crippen molar-refractivity contribution in [2.75, 3.05) is 18.0 Å². The molecule has 0 saturated carbocycles. The molecule has 0 bridgehead atoms. The summed E-state index contributed by atoms with van der Waals surface area (Å²) >= 11 is 0. The number of piperazine rings is 1. The van der Waals surface area contributed by atoms with Crippen molar-refractivity contribution in [2.24, 2.45) is 0 Å². The topological polar surface area (TPSA) is 58.4 Å². The summed E-state index contributed by atoms with van der Waals surface area (Å²) in [5.41, 5.74) is -1.28. The summed E-state index contributed by atoms with van der Waals surface area (Å²) in [5, 5.41) is 14.4. The molecule has 1 aliphatic heterocycles. The molecule has 1 fully saturated rings. The summed E-state index contributed by atoms with van der Waals surface area (Å²) in [6.07, 6.45) is -4.59. The molecule has 116 valence electrons. The maximum absolute atomic E-state index is 12.7. The molecule has 0 aliphatic carbocycles. The van der Waals surface area contributed by atoms with E-state index < -0.39 is 22.4 Å². The number of benzene rings is 1. The molecule has 2 atom stereocenters. The van der Waals surface area contributed by atoms with Gasteiger partial charge in [-0.2, -0.15) is 13.2 Å². The lowest BCUT2D eigenvalue weighted by Gasteiger charge is -2.37. The predicted molar refractivity (Wildman–Crippen MR) is 72.4 cm³/mol. The van der Waals surface area contributed by atoms with Gasteiger partial charge in [0.25, 0.3) is 5.69 Å². The molecule has 1 saturated heterocycles. The standard InChI is InChI=1S/C13H16F3N3O2/c1-8-6-18(7-9(2)17-8)11-4-3-10(13(14,15)16)5-12(11)19(20)21/h3-5,8-9,17H,6-7H2,1-2H3/t8-,9-/m0/s1. The van der Waals surface area contributed by atoms with Crippen molar-refractivity contribution < 1.29 is 18.1 Å². The quantitative estimate of drug-likeness (QED) is 0.674. The number of anilines is 1. The number of hydrogen-bond acceptors (Lipinski definition) is 4. The Morgan fingerprint density at radius 3 is 2.33 bits per heavy atom. The highest BCUT2D eigenvalue weighted by Crippen LogP contribution is 2.36. The molecule has 0 spiro atoms. The Labute approximate surface area is 119 Å². The third kappa shape index (κ3) is 3.44. The molecule has 1 heterocycles. The SMILES string of the molecule is C[C@H]1CN(c2ccc(C(F)(F)F)cc2[N+](=O)[O-])C[C@H](C)N1. The van der Waals surface area contributed by atoms with Crippen LogP contribution in [-0.2, 0) is 6.18 Å². The Kier molecular flexibility index (Phi) is 4.08. The zero-order valence-corrected chi connectivity index (χ0v) is 11.6. The highest BCUT2D eigenvalue weighted by Gasteiger charge is 2.34. The van der Waals surface area contributed by atoms with Crippen LogP contribution in [0.1, 0.15) is 19.4 Å². The first kappa shape index (κ1) is 15.6. The van der Waals surface area contributed by atoms with Crippen LogP contribution in [0.3, 0.4) is 0 Å². The molecule has 2 rings (SSSR count). The van der Waals surface area contributed by atoms with Crippen molar-refractivity contribution in [1.82, 2.24) is 5.32 Å². The van der Waals surface area contributed by atoms with Crippen molar-refractivity contribution in [3.8, 4) is 0 Å². The zero-order valence-electron chi connectivity index (χ0n) is 11.6. The van der Waals surface area contributed by atoms with Gasteiger partial charge in [-0.05, 0) is 26.0 Å². The molecule has 0 aromatic heterocycles. The number of rotatable bonds is 2. The first-order chi connectivity index (χ1) is 9.68. The molecule has 0 radical (unpaired) electrons. The van der Waals surface area contributed by atoms with E-state index in [2.05, 4.69) is 5.32 Å². The van der Waals surface area contributed by atoms with E-state index in [9.17, 15) is 23.3 Å². The Hall–Kier alpha value is -1.83. The second-order valence-corrected chi connectivity index (χ2v) is 5.33. The average Bonchev–Trinajstić information content (AvgIpc) is 2.35. The van der Waals surface area contributed by atoms with E-state index >= 15 is 0 Å². The molecule has 1 aromatic carbocycles. The van der Waals surface area contributed by atoms with Crippen molar-refractivity contribution in [3.05, 3.63) is 33.9 Å². The lowest BCUT2D eigenvalue weighted by molar-refractivity contribution is -0.384. The fourth-order valence-corrected chi connectivity index (χ4v) is 2.64. The van der Waals surface area contributed by atoms with Crippen LogP contribution in [0.2, 0.25) is 0 Å².